The van der Waals surface area contributed by atoms with Gasteiger partial charge >= 0.3 is 11.9 Å². The fourth-order valence-electron chi connectivity index (χ4n) is 9.92. The number of aliphatic hydroxyl groups excluding tert-OH is 1. The van der Waals surface area contributed by atoms with Crippen LogP contribution in [0.4, 0.5) is 4.39 Å². The number of Topliss-reactive ketones (excluding diaryl/α,β-unsaturated/α-hetero) is 1. The minimum atomic E-state index is -2.15. The normalized spacial score (nSPS) is 34.6. The van der Waals surface area contributed by atoms with E-state index in [1.807, 2.05) is 0 Å². The number of amides is 1. The van der Waals surface area contributed by atoms with Gasteiger partial charge in [0.15, 0.2) is 29.4 Å². The van der Waals surface area contributed by atoms with Crippen LogP contribution >= 0.6 is 11.6 Å². The number of esters is 2. The summed E-state index contributed by atoms with van der Waals surface area (Å²) in [7, 11) is 0. The van der Waals surface area contributed by atoms with Crippen LogP contribution in [0.15, 0.2) is 23.8 Å². The zero-order valence-electron chi connectivity index (χ0n) is 31.8. The van der Waals surface area contributed by atoms with E-state index < -0.39 is 99.7 Å². The molecule has 4 aliphatic carbocycles. The maximum atomic E-state index is 17.7. The summed E-state index contributed by atoms with van der Waals surface area (Å²) in [4.78, 5) is 80.2. The molecule has 0 radical (unpaired) electrons. The standard InChI is InChI=1S/C38H52ClFN2O13/c1-34(2)54-30-19-26-25-12-11-23-18-24(43)13-14-35(23,3)37(25,40)28(44)21-36(26,4)38(30,55-34)29(45)22-52-32(47)20-27(33(48)51-16-9-7-15-39)41-31(46)10-6-5-8-17-53-42(49)50/h13-14,18,25-28,30,44H,5-12,15-17,19-22H2,1-4H3,(H,41,46)/t25-,26-,27?,28-,30+,35-,36-,37-,38+/m0/s1. The molecule has 1 saturated heterocycles. The first-order chi connectivity index (χ1) is 25.8. The maximum Gasteiger partial charge on any atom is 0.329 e. The van der Waals surface area contributed by atoms with Gasteiger partial charge in [-0.05, 0) is 90.2 Å². The maximum absolute atomic E-state index is 17.7. The second-order valence-electron chi connectivity index (χ2n) is 16.2. The molecule has 1 aliphatic heterocycles. The number of nitrogens with one attached hydrogen (secondary N) is 1. The lowest BCUT2D eigenvalue weighted by Gasteiger charge is -2.62. The number of carbonyl (C=O) groups excluding carboxylic acids is 5. The molecule has 0 aromatic carbocycles. The molecule has 55 heavy (non-hydrogen) atoms. The first kappa shape index (κ1) is 42.7. The molecule has 4 fully saturated rings. The summed E-state index contributed by atoms with van der Waals surface area (Å²) < 4.78 is 41.2. The second kappa shape index (κ2) is 16.6. The van der Waals surface area contributed by atoms with Crippen molar-refractivity contribution in [1.82, 2.24) is 5.32 Å². The van der Waals surface area contributed by atoms with Crippen molar-refractivity contribution in [3.63, 3.8) is 0 Å². The van der Waals surface area contributed by atoms with Crippen molar-refractivity contribution in [2.45, 2.75) is 134 Å². The van der Waals surface area contributed by atoms with Gasteiger partial charge < -0.3 is 34.2 Å². The number of carbonyl (C=O) groups is 5. The molecule has 2 N–H and O–H groups in total. The average Bonchev–Trinajstić information content (AvgIpc) is 3.52. The number of unbranched alkanes of at least 4 members (excludes halogenated alkanes) is 3. The third kappa shape index (κ3) is 8.06. The van der Waals surface area contributed by atoms with Gasteiger partial charge in [-0.25, -0.2) is 9.18 Å². The Morgan fingerprint density at radius 2 is 1.82 bits per heavy atom. The molecule has 0 aromatic rings. The van der Waals surface area contributed by atoms with Crippen LogP contribution in [0, 0.1) is 32.8 Å². The highest BCUT2D eigenvalue weighted by atomic mass is 35.5. The van der Waals surface area contributed by atoms with Crippen molar-refractivity contribution in [2.24, 2.45) is 22.7 Å². The number of ether oxygens (including phenoxy) is 4. The van der Waals surface area contributed by atoms with Gasteiger partial charge in [0.1, 0.15) is 6.04 Å². The van der Waals surface area contributed by atoms with Gasteiger partial charge in [-0.3, -0.25) is 19.2 Å². The molecule has 0 spiro atoms. The number of nitrogens with zero attached hydrogens (tertiary/aromatic N) is 1. The van der Waals surface area contributed by atoms with E-state index in [1.54, 1.807) is 33.8 Å². The van der Waals surface area contributed by atoms with E-state index >= 15 is 4.39 Å². The van der Waals surface area contributed by atoms with Gasteiger partial charge in [-0.15, -0.1) is 21.7 Å². The van der Waals surface area contributed by atoms with Crippen LogP contribution in [0.5, 0.6) is 0 Å². The van der Waals surface area contributed by atoms with Gasteiger partial charge in [-0.2, -0.15) is 0 Å². The van der Waals surface area contributed by atoms with Crippen LogP contribution in [0.25, 0.3) is 0 Å². The Hall–Kier alpha value is -3.47. The summed E-state index contributed by atoms with van der Waals surface area (Å²) in [5, 5.41) is 23.7. The summed E-state index contributed by atoms with van der Waals surface area (Å²) in [6.07, 6.45) is 4.21. The number of halogens is 2. The van der Waals surface area contributed by atoms with E-state index in [0.717, 1.165) is 0 Å². The summed E-state index contributed by atoms with van der Waals surface area (Å²) in [6.45, 7) is 5.89. The lowest BCUT2D eigenvalue weighted by molar-refractivity contribution is -0.757. The lowest BCUT2D eigenvalue weighted by Crippen LogP contribution is -2.70. The number of alkyl halides is 2. The highest BCUT2D eigenvalue weighted by Gasteiger charge is 2.80. The summed E-state index contributed by atoms with van der Waals surface area (Å²) >= 11 is 5.71. The van der Waals surface area contributed by atoms with Gasteiger partial charge in [0, 0.05) is 29.0 Å². The van der Waals surface area contributed by atoms with Crippen LogP contribution in [0.3, 0.4) is 0 Å². The third-order valence-electron chi connectivity index (χ3n) is 12.4. The fourth-order valence-corrected chi connectivity index (χ4v) is 10.1. The second-order valence-corrected chi connectivity index (χ2v) is 16.6. The topological polar surface area (TPSA) is 207 Å². The Morgan fingerprint density at radius 3 is 2.53 bits per heavy atom. The molecule has 1 unspecified atom stereocenters. The van der Waals surface area contributed by atoms with Crippen molar-refractivity contribution in [1.29, 1.82) is 0 Å². The Labute approximate surface area is 324 Å². The molecule has 306 valence electrons. The summed E-state index contributed by atoms with van der Waals surface area (Å²) in [5.41, 5.74) is -5.63. The number of fused-ring (bicyclic) bond motifs is 7. The minimum absolute atomic E-state index is 0.00312. The zero-order chi connectivity index (χ0) is 40.4. The predicted molar refractivity (Wildman–Crippen MR) is 191 cm³/mol. The van der Waals surface area contributed by atoms with Gasteiger partial charge in [0.05, 0.1) is 31.8 Å². The number of hydrogen-bond donors (Lipinski definition) is 2. The van der Waals surface area contributed by atoms with E-state index in [2.05, 4.69) is 10.2 Å². The van der Waals surface area contributed by atoms with Crippen molar-refractivity contribution in [3.8, 4) is 0 Å². The van der Waals surface area contributed by atoms with Crippen LogP contribution < -0.4 is 5.32 Å². The van der Waals surface area contributed by atoms with Crippen LogP contribution in [-0.4, -0.2) is 101 Å². The molecular formula is C38H52ClFN2O13. The molecule has 9 atom stereocenters. The smallest absolute Gasteiger partial charge is 0.329 e. The van der Waals surface area contributed by atoms with Gasteiger partial charge in [0.25, 0.3) is 5.09 Å². The monoisotopic (exact) mass is 798 g/mol. The largest absolute Gasteiger partial charge is 0.464 e. The van der Waals surface area contributed by atoms with Crippen LogP contribution in [0.1, 0.15) is 98.3 Å². The van der Waals surface area contributed by atoms with Crippen molar-refractivity contribution in [3.05, 3.63) is 33.9 Å². The number of ketones is 2. The van der Waals surface area contributed by atoms with Crippen LogP contribution in [-0.2, 0) is 47.8 Å². The minimum Gasteiger partial charge on any atom is -0.464 e. The quantitative estimate of drug-likeness (QED) is 0.0657. The Balaban J connectivity index is 1.29. The van der Waals surface area contributed by atoms with Crippen molar-refractivity contribution in [2.75, 3.05) is 25.7 Å². The van der Waals surface area contributed by atoms with E-state index in [9.17, 15) is 39.2 Å². The van der Waals surface area contributed by atoms with E-state index in [4.69, 9.17) is 30.5 Å². The van der Waals surface area contributed by atoms with Gasteiger partial charge in [-0.1, -0.05) is 25.0 Å². The third-order valence-corrected chi connectivity index (χ3v) is 12.7. The molecular weight excluding hydrogens is 747 g/mol. The number of hydrogen-bond acceptors (Lipinski definition) is 13. The summed E-state index contributed by atoms with van der Waals surface area (Å²) in [5.74, 6) is -5.40. The lowest BCUT2D eigenvalue weighted by atomic mass is 9.44. The molecule has 1 heterocycles. The first-order valence-corrected chi connectivity index (χ1v) is 19.6. The average molecular weight is 799 g/mol. The van der Waals surface area contributed by atoms with Crippen LogP contribution in [0.2, 0.25) is 0 Å². The molecule has 17 heteroatoms. The fraction of sp³-hybridized carbons (Fsp3) is 0.763. The highest BCUT2D eigenvalue weighted by Crippen LogP contribution is 2.72. The molecule has 3 saturated carbocycles. The Bertz CT molecular complexity index is 1600. The van der Waals surface area contributed by atoms with E-state index in [1.165, 1.54) is 12.2 Å². The number of rotatable bonds is 18. The van der Waals surface area contributed by atoms with Gasteiger partial charge in [0.2, 0.25) is 11.7 Å². The molecule has 5 aliphatic rings. The van der Waals surface area contributed by atoms with Crippen molar-refractivity contribution >= 4 is 41.0 Å². The molecule has 15 nitrogen and oxygen atoms in total. The first-order valence-electron chi connectivity index (χ1n) is 19.0. The molecule has 5 rings (SSSR count). The van der Waals surface area contributed by atoms with E-state index in [0.29, 0.717) is 56.4 Å². The van der Waals surface area contributed by atoms with E-state index in [-0.39, 0.29) is 38.3 Å². The molecule has 0 bridgehead atoms. The Morgan fingerprint density at radius 1 is 1.09 bits per heavy atom. The SMILES string of the molecule is CC1(C)O[C@@H]2C[C@H]3[C@@H]4CCC5=CC(=O)C=C[C@]5(C)[C@@]4(F)[C@@H](O)C[C@]3(C)[C@]2(C(=O)COC(=O)CC(NC(=O)CCCCCO[N+](=O)[O-])C(=O)OCCCCCl)O1. The number of allylic oxidation sites excluding steroid dienone is 4. The molecule has 1 amide bonds. The number of aliphatic hydroxyl groups is 1. The predicted octanol–water partition coefficient (Wildman–Crippen LogP) is 4.18. The van der Waals surface area contributed by atoms with Crippen molar-refractivity contribution < 1.29 is 62.3 Å². The summed E-state index contributed by atoms with van der Waals surface area (Å²) in [6, 6.07) is -1.44. The zero-order valence-corrected chi connectivity index (χ0v) is 32.5. The molecule has 0 aromatic heterocycles. The highest BCUT2D eigenvalue weighted by molar-refractivity contribution is 6.17. The Kier molecular flexibility index (Phi) is 12.8.